The van der Waals surface area contributed by atoms with Crippen LogP contribution in [-0.2, 0) is 16.2 Å². The zero-order chi connectivity index (χ0) is 20.9. The van der Waals surface area contributed by atoms with Crippen molar-refractivity contribution in [3.05, 3.63) is 94.8 Å². The zero-order valence-electron chi connectivity index (χ0n) is 15.8. The predicted molar refractivity (Wildman–Crippen MR) is 113 cm³/mol. The van der Waals surface area contributed by atoms with Crippen LogP contribution in [-0.4, -0.2) is 17.7 Å². The lowest BCUT2D eigenvalue weighted by Gasteiger charge is -2.11. The Morgan fingerprint density at radius 1 is 1.10 bits per heavy atom. The normalized spacial score (nSPS) is 15.3. The first-order chi connectivity index (χ1) is 14.6. The summed E-state index contributed by atoms with van der Waals surface area (Å²) in [5, 5.41) is 7.36. The Morgan fingerprint density at radius 2 is 1.83 bits per heavy atom. The Kier molecular flexibility index (Phi) is 5.95. The van der Waals surface area contributed by atoms with Crippen LogP contribution in [0.1, 0.15) is 17.5 Å². The topological polar surface area (TPSA) is 59.9 Å². The van der Waals surface area contributed by atoms with E-state index in [-0.39, 0.29) is 18.3 Å². The van der Waals surface area contributed by atoms with Crippen molar-refractivity contribution in [3.63, 3.8) is 0 Å². The lowest BCUT2D eigenvalue weighted by molar-refractivity contribution is -0.125. The van der Waals surface area contributed by atoms with Crippen molar-refractivity contribution in [2.45, 2.75) is 19.1 Å². The second-order valence-electron chi connectivity index (χ2n) is 6.71. The van der Waals surface area contributed by atoms with Crippen LogP contribution in [0.15, 0.2) is 78.0 Å². The second kappa shape index (κ2) is 8.97. The fraction of sp³-hybridized carbons (Fsp3) is 0.130. The van der Waals surface area contributed by atoms with Gasteiger partial charge in [-0.25, -0.2) is 4.39 Å². The summed E-state index contributed by atoms with van der Waals surface area (Å²) >= 11 is 6.18. The second-order valence-corrected chi connectivity index (χ2v) is 7.12. The monoisotopic (exact) mass is 424 g/mol. The number of amides is 1. The highest BCUT2D eigenvalue weighted by atomic mass is 35.5. The summed E-state index contributed by atoms with van der Waals surface area (Å²) in [5.41, 5.74) is 2.46. The van der Waals surface area contributed by atoms with Crippen LogP contribution in [0.3, 0.4) is 0 Å². The van der Waals surface area contributed by atoms with Crippen LogP contribution < -0.4 is 10.1 Å². The average Bonchev–Trinajstić information content (AvgIpc) is 3.25. The summed E-state index contributed by atoms with van der Waals surface area (Å²) in [6.07, 6.45) is -0.396. The molecule has 0 saturated heterocycles. The van der Waals surface area contributed by atoms with Gasteiger partial charge in [-0.05, 0) is 36.4 Å². The predicted octanol–water partition coefficient (Wildman–Crippen LogP) is 5.19. The number of oxime groups is 1. The highest BCUT2D eigenvalue weighted by molar-refractivity contribution is 6.34. The summed E-state index contributed by atoms with van der Waals surface area (Å²) < 4.78 is 19.2. The van der Waals surface area contributed by atoms with Crippen LogP contribution in [0, 0.1) is 5.82 Å². The average molecular weight is 425 g/mol. The Balaban J connectivity index is 1.31. The molecule has 30 heavy (non-hydrogen) atoms. The van der Waals surface area contributed by atoms with Gasteiger partial charge >= 0.3 is 0 Å². The van der Waals surface area contributed by atoms with Crippen molar-refractivity contribution in [3.8, 4) is 5.75 Å². The number of benzene rings is 3. The van der Waals surface area contributed by atoms with Gasteiger partial charge in [0.2, 0.25) is 6.10 Å². The lowest BCUT2D eigenvalue weighted by atomic mass is 10.0. The van der Waals surface area contributed by atoms with Gasteiger partial charge < -0.3 is 14.9 Å². The van der Waals surface area contributed by atoms with Gasteiger partial charge in [-0.3, -0.25) is 4.79 Å². The fourth-order valence-corrected chi connectivity index (χ4v) is 3.25. The van der Waals surface area contributed by atoms with Crippen molar-refractivity contribution < 1.29 is 18.8 Å². The molecule has 0 fully saturated rings. The number of hydrogen-bond acceptors (Lipinski definition) is 4. The standard InChI is InChI=1S/C23H18ClFN2O3/c24-19-7-3-2-6-18(19)21-13-22(30-27-21)23(28)26-16-9-11-17(12-10-16)29-14-15-5-1-4-8-20(15)25/h1-12,22H,13-14H2,(H,26,28)/t22-/m1/s1. The molecule has 1 amide bonds. The molecule has 0 saturated carbocycles. The molecule has 1 aliphatic rings. The molecule has 3 aromatic rings. The van der Waals surface area contributed by atoms with Gasteiger partial charge in [-0.1, -0.05) is 53.2 Å². The third-order valence-corrected chi connectivity index (χ3v) is 4.95. The van der Waals surface area contributed by atoms with E-state index >= 15 is 0 Å². The van der Waals surface area contributed by atoms with E-state index in [0.717, 1.165) is 5.56 Å². The quantitative estimate of drug-likeness (QED) is 0.592. The van der Waals surface area contributed by atoms with Gasteiger partial charge in [0.1, 0.15) is 18.2 Å². The maximum atomic E-state index is 13.6. The van der Waals surface area contributed by atoms with Crippen LogP contribution >= 0.6 is 11.6 Å². The van der Waals surface area contributed by atoms with E-state index in [2.05, 4.69) is 10.5 Å². The molecule has 7 heteroatoms. The van der Waals surface area contributed by atoms with E-state index in [1.54, 1.807) is 48.5 Å². The van der Waals surface area contributed by atoms with Gasteiger partial charge in [0.05, 0.1) is 5.71 Å². The number of nitrogens with one attached hydrogen (secondary N) is 1. The molecule has 4 rings (SSSR count). The molecule has 3 aromatic carbocycles. The Bertz CT molecular complexity index is 1090. The number of rotatable bonds is 6. The summed E-state index contributed by atoms with van der Waals surface area (Å²) in [4.78, 5) is 17.8. The molecule has 0 radical (unpaired) electrons. The van der Waals surface area contributed by atoms with Gasteiger partial charge in [0, 0.05) is 28.3 Å². The van der Waals surface area contributed by atoms with Crippen molar-refractivity contribution >= 4 is 28.9 Å². The molecule has 0 spiro atoms. The van der Waals surface area contributed by atoms with Crippen molar-refractivity contribution in [2.24, 2.45) is 5.16 Å². The minimum absolute atomic E-state index is 0.121. The number of anilines is 1. The molecule has 1 aliphatic heterocycles. The van der Waals surface area contributed by atoms with Gasteiger partial charge in [0.25, 0.3) is 5.91 Å². The first-order valence-corrected chi connectivity index (χ1v) is 9.72. The number of halogens is 2. The summed E-state index contributed by atoms with van der Waals surface area (Å²) in [6.45, 7) is 0.121. The Labute approximate surface area is 178 Å². The van der Waals surface area contributed by atoms with E-state index in [4.69, 9.17) is 21.2 Å². The molecule has 1 heterocycles. The van der Waals surface area contributed by atoms with Gasteiger partial charge in [-0.2, -0.15) is 0 Å². The molecule has 1 atom stereocenters. The van der Waals surface area contributed by atoms with Crippen LogP contribution in [0.25, 0.3) is 0 Å². The van der Waals surface area contributed by atoms with Crippen molar-refractivity contribution in [2.75, 3.05) is 5.32 Å². The van der Waals surface area contributed by atoms with Gasteiger partial charge in [0.15, 0.2) is 0 Å². The summed E-state index contributed by atoms with van der Waals surface area (Å²) in [6, 6.07) is 20.6. The highest BCUT2D eigenvalue weighted by Crippen LogP contribution is 2.24. The first-order valence-electron chi connectivity index (χ1n) is 9.35. The van der Waals surface area contributed by atoms with Gasteiger partial charge in [-0.15, -0.1) is 0 Å². The van der Waals surface area contributed by atoms with Crippen molar-refractivity contribution in [1.29, 1.82) is 0 Å². The maximum absolute atomic E-state index is 13.6. The van der Waals surface area contributed by atoms with E-state index < -0.39 is 6.10 Å². The van der Waals surface area contributed by atoms with Crippen LogP contribution in [0.2, 0.25) is 5.02 Å². The van der Waals surface area contributed by atoms with E-state index in [1.807, 2.05) is 18.2 Å². The number of carbonyl (C=O) groups is 1. The molecule has 5 nitrogen and oxygen atoms in total. The molecule has 0 aromatic heterocycles. The third kappa shape index (κ3) is 4.60. The minimum Gasteiger partial charge on any atom is -0.489 e. The lowest BCUT2D eigenvalue weighted by Crippen LogP contribution is -2.28. The molecule has 0 aliphatic carbocycles. The fourth-order valence-electron chi connectivity index (χ4n) is 3.01. The SMILES string of the molecule is O=C(Nc1ccc(OCc2ccccc2F)cc1)[C@H]1CC(c2ccccc2Cl)=NO1. The number of ether oxygens (including phenoxy) is 1. The Morgan fingerprint density at radius 3 is 2.60 bits per heavy atom. The number of nitrogens with zero attached hydrogens (tertiary/aromatic N) is 1. The molecule has 0 bridgehead atoms. The summed E-state index contributed by atoms with van der Waals surface area (Å²) in [7, 11) is 0. The number of hydrogen-bond donors (Lipinski definition) is 1. The van der Waals surface area contributed by atoms with E-state index in [9.17, 15) is 9.18 Å². The third-order valence-electron chi connectivity index (χ3n) is 4.62. The highest BCUT2D eigenvalue weighted by Gasteiger charge is 2.29. The molecule has 0 unspecified atom stereocenters. The van der Waals surface area contributed by atoms with Crippen molar-refractivity contribution in [1.82, 2.24) is 0 Å². The van der Waals surface area contributed by atoms with E-state index in [1.165, 1.54) is 6.07 Å². The zero-order valence-corrected chi connectivity index (χ0v) is 16.6. The van der Waals surface area contributed by atoms with Crippen LogP contribution in [0.4, 0.5) is 10.1 Å². The maximum Gasteiger partial charge on any atom is 0.268 e. The first kappa shape index (κ1) is 19.9. The molecule has 1 N–H and O–H groups in total. The van der Waals surface area contributed by atoms with Crippen LogP contribution in [0.5, 0.6) is 5.75 Å². The molecular weight excluding hydrogens is 407 g/mol. The Hall–Kier alpha value is -3.38. The molecular formula is C23H18ClFN2O3. The minimum atomic E-state index is -0.728. The molecule has 152 valence electrons. The largest absolute Gasteiger partial charge is 0.489 e. The number of carbonyl (C=O) groups excluding carboxylic acids is 1. The smallest absolute Gasteiger partial charge is 0.268 e. The van der Waals surface area contributed by atoms with E-state index in [0.29, 0.717) is 34.2 Å². The summed E-state index contributed by atoms with van der Waals surface area (Å²) in [5.74, 6) is -0.0464.